The SMILES string of the molecule is CC(C)[C@H](NS(=O)(=O)c1cccs1)C(=O)NC1CCCCCC1. The summed E-state index contributed by atoms with van der Waals surface area (Å²) < 4.78 is 27.6. The number of hydrogen-bond donors (Lipinski definition) is 2. The number of nitrogens with one attached hydrogen (secondary N) is 2. The molecule has 5 nitrogen and oxygen atoms in total. The van der Waals surface area contributed by atoms with E-state index in [9.17, 15) is 13.2 Å². The van der Waals surface area contributed by atoms with Gasteiger partial charge in [0.25, 0.3) is 10.0 Å². The highest BCUT2D eigenvalue weighted by molar-refractivity contribution is 7.91. The minimum absolute atomic E-state index is 0.115. The summed E-state index contributed by atoms with van der Waals surface area (Å²) in [5, 5.41) is 4.76. The summed E-state index contributed by atoms with van der Waals surface area (Å²) in [6, 6.07) is 2.66. The molecule has 0 unspecified atom stereocenters. The smallest absolute Gasteiger partial charge is 0.250 e. The second-order valence-electron chi connectivity index (χ2n) is 6.47. The first kappa shape index (κ1) is 18.4. The highest BCUT2D eigenvalue weighted by atomic mass is 32.2. The molecule has 1 aliphatic rings. The van der Waals surface area contributed by atoms with Crippen molar-refractivity contribution in [1.82, 2.24) is 10.0 Å². The van der Waals surface area contributed by atoms with Crippen molar-refractivity contribution in [2.45, 2.75) is 68.7 Å². The topological polar surface area (TPSA) is 75.3 Å². The third-order valence-electron chi connectivity index (χ3n) is 4.19. The van der Waals surface area contributed by atoms with Crippen molar-refractivity contribution in [3.8, 4) is 0 Å². The molecule has 130 valence electrons. The quantitative estimate of drug-likeness (QED) is 0.768. The van der Waals surface area contributed by atoms with Gasteiger partial charge in [-0.1, -0.05) is 45.6 Å². The molecule has 1 atom stereocenters. The molecule has 1 aliphatic carbocycles. The Balaban J connectivity index is 2.04. The van der Waals surface area contributed by atoms with Gasteiger partial charge in [0.1, 0.15) is 10.3 Å². The predicted molar refractivity (Wildman–Crippen MR) is 92.9 cm³/mol. The Labute approximate surface area is 142 Å². The minimum atomic E-state index is -3.65. The molecule has 1 amide bonds. The molecule has 1 aromatic heterocycles. The molecule has 0 aromatic carbocycles. The lowest BCUT2D eigenvalue weighted by molar-refractivity contribution is -0.124. The number of carbonyl (C=O) groups excluding carboxylic acids is 1. The molecular weight excluding hydrogens is 332 g/mol. The predicted octanol–water partition coefficient (Wildman–Crippen LogP) is 2.89. The molecule has 0 aliphatic heterocycles. The fourth-order valence-electron chi connectivity index (χ4n) is 2.85. The van der Waals surface area contributed by atoms with E-state index in [0.717, 1.165) is 37.0 Å². The number of sulfonamides is 1. The second-order valence-corrected chi connectivity index (χ2v) is 9.36. The standard InChI is InChI=1S/C16H26N2O3S2/c1-12(2)15(18-23(20,21)14-10-7-11-22-14)16(19)17-13-8-5-3-4-6-9-13/h7,10-13,15,18H,3-6,8-9H2,1-2H3,(H,17,19)/t15-/m0/s1. The molecule has 2 rings (SSSR count). The molecule has 1 saturated carbocycles. The fourth-order valence-corrected chi connectivity index (χ4v) is 5.20. The molecule has 0 bridgehead atoms. The van der Waals surface area contributed by atoms with Crippen molar-refractivity contribution in [2.75, 3.05) is 0 Å². The van der Waals surface area contributed by atoms with Gasteiger partial charge in [-0.2, -0.15) is 4.72 Å². The van der Waals surface area contributed by atoms with Crippen molar-refractivity contribution in [1.29, 1.82) is 0 Å². The van der Waals surface area contributed by atoms with E-state index < -0.39 is 16.1 Å². The second kappa shape index (κ2) is 8.26. The maximum atomic E-state index is 12.6. The van der Waals surface area contributed by atoms with E-state index in [2.05, 4.69) is 10.0 Å². The molecule has 0 saturated heterocycles. The van der Waals surface area contributed by atoms with Gasteiger partial charge in [0.2, 0.25) is 5.91 Å². The van der Waals surface area contributed by atoms with E-state index in [1.165, 1.54) is 12.8 Å². The summed E-state index contributed by atoms with van der Waals surface area (Å²) >= 11 is 1.15. The van der Waals surface area contributed by atoms with E-state index in [-0.39, 0.29) is 22.1 Å². The maximum Gasteiger partial charge on any atom is 0.250 e. The van der Waals surface area contributed by atoms with Crippen molar-refractivity contribution in [3.05, 3.63) is 17.5 Å². The fraction of sp³-hybridized carbons (Fsp3) is 0.688. The van der Waals surface area contributed by atoms with Gasteiger partial charge in [-0.05, 0) is 30.2 Å². The number of carbonyl (C=O) groups is 1. The van der Waals surface area contributed by atoms with E-state index in [1.807, 2.05) is 13.8 Å². The Bertz CT molecular complexity index is 589. The first-order chi connectivity index (χ1) is 10.9. The van der Waals surface area contributed by atoms with E-state index in [0.29, 0.717) is 0 Å². The van der Waals surface area contributed by atoms with Gasteiger partial charge in [0.05, 0.1) is 0 Å². The molecule has 0 radical (unpaired) electrons. The van der Waals surface area contributed by atoms with Crippen molar-refractivity contribution < 1.29 is 13.2 Å². The molecular formula is C16H26N2O3S2. The van der Waals surface area contributed by atoms with Crippen LogP contribution in [0.15, 0.2) is 21.7 Å². The van der Waals surface area contributed by atoms with Gasteiger partial charge in [-0.3, -0.25) is 4.79 Å². The van der Waals surface area contributed by atoms with Crippen LogP contribution in [0.25, 0.3) is 0 Å². The van der Waals surface area contributed by atoms with Crippen molar-refractivity contribution in [2.24, 2.45) is 5.92 Å². The van der Waals surface area contributed by atoms with Crippen LogP contribution in [-0.2, 0) is 14.8 Å². The summed E-state index contributed by atoms with van der Waals surface area (Å²) in [5.41, 5.74) is 0. The van der Waals surface area contributed by atoms with Gasteiger partial charge in [-0.25, -0.2) is 8.42 Å². The maximum absolute atomic E-state index is 12.6. The Hall–Kier alpha value is -0.920. The first-order valence-corrected chi connectivity index (χ1v) is 10.6. The van der Waals surface area contributed by atoms with Gasteiger partial charge >= 0.3 is 0 Å². The zero-order valence-corrected chi connectivity index (χ0v) is 15.4. The van der Waals surface area contributed by atoms with E-state index in [4.69, 9.17) is 0 Å². The van der Waals surface area contributed by atoms with Crippen LogP contribution in [-0.4, -0.2) is 26.4 Å². The number of amides is 1. The lowest BCUT2D eigenvalue weighted by Gasteiger charge is -2.24. The number of rotatable bonds is 6. The van der Waals surface area contributed by atoms with Crippen LogP contribution < -0.4 is 10.0 Å². The lowest BCUT2D eigenvalue weighted by Crippen LogP contribution is -2.51. The molecule has 1 fully saturated rings. The summed E-state index contributed by atoms with van der Waals surface area (Å²) in [5.74, 6) is -0.331. The van der Waals surface area contributed by atoms with Gasteiger partial charge in [0.15, 0.2) is 0 Å². The van der Waals surface area contributed by atoms with Crippen LogP contribution in [0.3, 0.4) is 0 Å². The molecule has 1 aromatic rings. The highest BCUT2D eigenvalue weighted by Crippen LogP contribution is 2.19. The van der Waals surface area contributed by atoms with E-state index in [1.54, 1.807) is 17.5 Å². The van der Waals surface area contributed by atoms with Crippen LogP contribution >= 0.6 is 11.3 Å². The summed E-state index contributed by atoms with van der Waals surface area (Å²) in [6.45, 7) is 3.71. The minimum Gasteiger partial charge on any atom is -0.352 e. The molecule has 7 heteroatoms. The van der Waals surface area contributed by atoms with Gasteiger partial charge in [0, 0.05) is 6.04 Å². The Morgan fingerprint density at radius 3 is 2.39 bits per heavy atom. The zero-order valence-electron chi connectivity index (χ0n) is 13.7. The number of thiophene rings is 1. The third-order valence-corrected chi connectivity index (χ3v) is 7.03. The van der Waals surface area contributed by atoms with Crippen LogP contribution in [0.4, 0.5) is 0 Å². The zero-order chi connectivity index (χ0) is 16.9. The van der Waals surface area contributed by atoms with Gasteiger partial charge < -0.3 is 5.32 Å². The van der Waals surface area contributed by atoms with Crippen molar-refractivity contribution in [3.63, 3.8) is 0 Å². The van der Waals surface area contributed by atoms with Crippen molar-refractivity contribution >= 4 is 27.3 Å². The average Bonchev–Trinajstić information content (AvgIpc) is 2.92. The largest absolute Gasteiger partial charge is 0.352 e. The van der Waals surface area contributed by atoms with Crippen LogP contribution in [0.2, 0.25) is 0 Å². The Morgan fingerprint density at radius 1 is 1.22 bits per heavy atom. The normalized spacial score (nSPS) is 18.6. The molecule has 0 spiro atoms. The van der Waals surface area contributed by atoms with Gasteiger partial charge in [-0.15, -0.1) is 11.3 Å². The van der Waals surface area contributed by atoms with Crippen LogP contribution in [0.1, 0.15) is 52.4 Å². The first-order valence-electron chi connectivity index (χ1n) is 8.26. The summed E-state index contributed by atoms with van der Waals surface area (Å²) in [4.78, 5) is 12.6. The van der Waals surface area contributed by atoms with Crippen LogP contribution in [0.5, 0.6) is 0 Å². The summed E-state index contributed by atoms with van der Waals surface area (Å²) in [6.07, 6.45) is 6.63. The monoisotopic (exact) mass is 358 g/mol. The van der Waals surface area contributed by atoms with E-state index >= 15 is 0 Å². The van der Waals surface area contributed by atoms with Crippen LogP contribution in [0, 0.1) is 5.92 Å². The summed E-state index contributed by atoms with van der Waals surface area (Å²) in [7, 11) is -3.65. The highest BCUT2D eigenvalue weighted by Gasteiger charge is 2.30. The third kappa shape index (κ3) is 5.29. The lowest BCUT2D eigenvalue weighted by atomic mass is 10.0. The molecule has 2 N–H and O–H groups in total. The Kier molecular flexibility index (Phi) is 6.61. The molecule has 1 heterocycles. The number of hydrogen-bond acceptors (Lipinski definition) is 4. The molecule has 23 heavy (non-hydrogen) atoms. The average molecular weight is 359 g/mol. The Morgan fingerprint density at radius 2 is 1.87 bits per heavy atom.